The Bertz CT molecular complexity index is 903. The number of hydrogen-bond acceptors (Lipinski definition) is 3. The Morgan fingerprint density at radius 2 is 1.78 bits per heavy atom. The van der Waals surface area contributed by atoms with Crippen molar-refractivity contribution in [1.82, 2.24) is 10.2 Å². The molecule has 4 nitrogen and oxygen atoms in total. The number of rotatable bonds is 11. The minimum Gasteiger partial charge on any atom is -0.354 e. The molecule has 0 heterocycles. The number of halogens is 2. The lowest BCUT2D eigenvalue weighted by molar-refractivity contribution is -0.139. The van der Waals surface area contributed by atoms with E-state index in [1.54, 1.807) is 28.8 Å². The maximum atomic E-state index is 13.3. The lowest BCUT2D eigenvalue weighted by atomic mass is 10.1. The third-order valence-electron chi connectivity index (χ3n) is 5.04. The summed E-state index contributed by atoms with van der Waals surface area (Å²) < 4.78 is 0. The van der Waals surface area contributed by atoms with Crippen molar-refractivity contribution < 1.29 is 9.59 Å². The van der Waals surface area contributed by atoms with E-state index in [2.05, 4.69) is 36.5 Å². The normalized spacial score (nSPS) is 12.0. The van der Waals surface area contributed by atoms with Gasteiger partial charge in [-0.3, -0.25) is 9.59 Å². The predicted octanol–water partition coefficient (Wildman–Crippen LogP) is 6.11. The van der Waals surface area contributed by atoms with Crippen LogP contribution in [-0.4, -0.2) is 35.1 Å². The van der Waals surface area contributed by atoms with Crippen molar-refractivity contribution >= 4 is 46.8 Å². The van der Waals surface area contributed by atoms with Crippen LogP contribution in [0.3, 0.4) is 0 Å². The summed E-state index contributed by atoms with van der Waals surface area (Å²) >= 11 is 14.0. The Morgan fingerprint density at radius 3 is 2.38 bits per heavy atom. The van der Waals surface area contributed by atoms with E-state index in [4.69, 9.17) is 23.2 Å². The zero-order chi connectivity index (χ0) is 23.7. The van der Waals surface area contributed by atoms with E-state index >= 15 is 0 Å². The minimum atomic E-state index is -0.562. The fourth-order valence-electron chi connectivity index (χ4n) is 3.20. The first-order valence-corrected chi connectivity index (χ1v) is 12.8. The van der Waals surface area contributed by atoms with Gasteiger partial charge in [-0.2, -0.15) is 0 Å². The fraction of sp³-hybridized carbons (Fsp3) is 0.440. The van der Waals surface area contributed by atoms with Crippen molar-refractivity contribution in [2.75, 3.05) is 12.3 Å². The van der Waals surface area contributed by atoms with Gasteiger partial charge in [0.1, 0.15) is 6.04 Å². The number of benzene rings is 2. The minimum absolute atomic E-state index is 0.0836. The van der Waals surface area contributed by atoms with E-state index in [0.717, 1.165) is 11.3 Å². The van der Waals surface area contributed by atoms with Crippen molar-refractivity contribution in [3.8, 4) is 0 Å². The lowest BCUT2D eigenvalue weighted by Crippen LogP contribution is -2.50. The second kappa shape index (κ2) is 13.1. The lowest BCUT2D eigenvalue weighted by Gasteiger charge is -2.31. The topological polar surface area (TPSA) is 49.4 Å². The number of nitrogens with zero attached hydrogens (tertiary/aromatic N) is 1. The number of aryl methyl sites for hydroxylation is 1. The highest BCUT2D eigenvalue weighted by molar-refractivity contribution is 7.99. The fourth-order valence-corrected chi connectivity index (χ4v) is 4.54. The molecule has 0 saturated carbocycles. The van der Waals surface area contributed by atoms with E-state index in [1.165, 1.54) is 11.1 Å². The average Bonchev–Trinajstić information content (AvgIpc) is 2.74. The van der Waals surface area contributed by atoms with Gasteiger partial charge in [-0.05, 0) is 42.5 Å². The van der Waals surface area contributed by atoms with Crippen molar-refractivity contribution in [3.05, 3.63) is 69.2 Å². The molecular weight excluding hydrogens is 463 g/mol. The van der Waals surface area contributed by atoms with Gasteiger partial charge >= 0.3 is 0 Å². The van der Waals surface area contributed by atoms with Crippen LogP contribution in [0.15, 0.2) is 42.5 Å². The summed E-state index contributed by atoms with van der Waals surface area (Å²) in [7, 11) is 0. The summed E-state index contributed by atoms with van der Waals surface area (Å²) in [4.78, 5) is 27.8. The van der Waals surface area contributed by atoms with Crippen LogP contribution in [0.5, 0.6) is 0 Å². The molecule has 2 rings (SSSR count). The molecule has 0 radical (unpaired) electrons. The van der Waals surface area contributed by atoms with Crippen LogP contribution in [-0.2, 0) is 21.9 Å². The second-order valence-corrected chi connectivity index (χ2v) is 10.1. The summed E-state index contributed by atoms with van der Waals surface area (Å²) in [5.74, 6) is 1.13. The molecular formula is C25H32Cl2N2O2S. The first kappa shape index (κ1) is 26.6. The standard InChI is InChI=1S/C25H32Cl2N2O2S/c1-5-23(25(31)28-13-17(2)3)29(14-20-10-11-21(26)12-22(20)27)24(30)16-32-15-19-8-6-18(4)7-9-19/h6-12,17,23H,5,13-16H2,1-4H3,(H,28,31)/t23-/m0/s1. The Labute approximate surface area is 206 Å². The van der Waals surface area contributed by atoms with Crippen LogP contribution < -0.4 is 5.32 Å². The maximum Gasteiger partial charge on any atom is 0.242 e. The molecule has 2 amide bonds. The number of carbonyl (C=O) groups is 2. The van der Waals surface area contributed by atoms with Crippen LogP contribution in [0.2, 0.25) is 10.0 Å². The predicted molar refractivity (Wildman–Crippen MR) is 136 cm³/mol. The average molecular weight is 496 g/mol. The van der Waals surface area contributed by atoms with Gasteiger partial charge in [-0.1, -0.05) is 79.9 Å². The number of thioether (sulfide) groups is 1. The van der Waals surface area contributed by atoms with Crippen LogP contribution in [0.25, 0.3) is 0 Å². The molecule has 0 aliphatic heterocycles. The van der Waals surface area contributed by atoms with Gasteiger partial charge in [-0.15, -0.1) is 11.8 Å². The summed E-state index contributed by atoms with van der Waals surface area (Å²) in [6.07, 6.45) is 0.517. The van der Waals surface area contributed by atoms with E-state index in [0.29, 0.717) is 28.9 Å². The highest BCUT2D eigenvalue weighted by Crippen LogP contribution is 2.24. The monoisotopic (exact) mass is 494 g/mol. The third-order valence-corrected chi connectivity index (χ3v) is 6.62. The van der Waals surface area contributed by atoms with Gasteiger partial charge in [0.15, 0.2) is 0 Å². The second-order valence-electron chi connectivity index (χ2n) is 8.30. The molecule has 0 fully saturated rings. The van der Waals surface area contributed by atoms with Gasteiger partial charge in [-0.25, -0.2) is 0 Å². The maximum absolute atomic E-state index is 13.3. The first-order valence-electron chi connectivity index (χ1n) is 10.9. The molecule has 0 bridgehead atoms. The smallest absolute Gasteiger partial charge is 0.242 e. The summed E-state index contributed by atoms with van der Waals surface area (Å²) in [6.45, 7) is 8.88. The van der Waals surface area contributed by atoms with E-state index in [1.807, 2.05) is 26.8 Å². The zero-order valence-corrected chi connectivity index (χ0v) is 21.5. The SMILES string of the molecule is CC[C@@H](C(=O)NCC(C)C)N(Cc1ccc(Cl)cc1Cl)C(=O)CSCc1ccc(C)cc1. The third kappa shape index (κ3) is 8.34. The molecule has 0 spiro atoms. The highest BCUT2D eigenvalue weighted by Gasteiger charge is 2.29. The van der Waals surface area contributed by atoms with Crippen LogP contribution in [0.1, 0.15) is 43.9 Å². The molecule has 0 saturated heterocycles. The van der Waals surface area contributed by atoms with E-state index < -0.39 is 6.04 Å². The van der Waals surface area contributed by atoms with Crippen molar-refractivity contribution in [2.24, 2.45) is 5.92 Å². The molecule has 1 N–H and O–H groups in total. The Hall–Kier alpha value is -1.69. The van der Waals surface area contributed by atoms with Gasteiger partial charge in [0.25, 0.3) is 0 Å². The van der Waals surface area contributed by atoms with E-state index in [-0.39, 0.29) is 24.1 Å². The van der Waals surface area contributed by atoms with Crippen LogP contribution in [0.4, 0.5) is 0 Å². The number of amides is 2. The molecule has 174 valence electrons. The Kier molecular flexibility index (Phi) is 10.9. The summed E-state index contributed by atoms with van der Waals surface area (Å²) in [5.41, 5.74) is 3.14. The highest BCUT2D eigenvalue weighted by atomic mass is 35.5. The van der Waals surface area contributed by atoms with Crippen molar-refractivity contribution in [2.45, 2.75) is 52.5 Å². The molecule has 2 aromatic carbocycles. The number of carbonyl (C=O) groups excluding carboxylic acids is 2. The summed E-state index contributed by atoms with van der Waals surface area (Å²) in [5, 5.41) is 3.99. The molecule has 7 heteroatoms. The number of nitrogens with one attached hydrogen (secondary N) is 1. The molecule has 32 heavy (non-hydrogen) atoms. The molecule has 1 atom stereocenters. The number of hydrogen-bond donors (Lipinski definition) is 1. The largest absolute Gasteiger partial charge is 0.354 e. The van der Waals surface area contributed by atoms with Crippen LogP contribution >= 0.6 is 35.0 Å². The van der Waals surface area contributed by atoms with Crippen molar-refractivity contribution in [1.29, 1.82) is 0 Å². The zero-order valence-electron chi connectivity index (χ0n) is 19.2. The first-order chi connectivity index (χ1) is 15.2. The molecule has 0 aliphatic carbocycles. The van der Waals surface area contributed by atoms with Gasteiger partial charge in [0.05, 0.1) is 5.75 Å². The Morgan fingerprint density at radius 1 is 1.09 bits per heavy atom. The van der Waals surface area contributed by atoms with Crippen LogP contribution in [0, 0.1) is 12.8 Å². The Balaban J connectivity index is 2.15. The quantitative estimate of drug-likeness (QED) is 0.409. The van der Waals surface area contributed by atoms with Crippen molar-refractivity contribution in [3.63, 3.8) is 0 Å². The van der Waals surface area contributed by atoms with E-state index in [9.17, 15) is 9.59 Å². The molecule has 0 aliphatic rings. The molecule has 0 aromatic heterocycles. The summed E-state index contributed by atoms with van der Waals surface area (Å²) in [6, 6.07) is 12.9. The van der Waals surface area contributed by atoms with Gasteiger partial charge < -0.3 is 10.2 Å². The van der Waals surface area contributed by atoms with Gasteiger partial charge in [0.2, 0.25) is 11.8 Å². The molecule has 2 aromatic rings. The van der Waals surface area contributed by atoms with Gasteiger partial charge in [0, 0.05) is 28.9 Å². The molecule has 0 unspecified atom stereocenters.